The Morgan fingerprint density at radius 1 is 0.338 bits per heavy atom. The summed E-state index contributed by atoms with van der Waals surface area (Å²) in [5.41, 5.74) is 16.5. The lowest BCUT2D eigenvalue weighted by atomic mass is 9.78. The third kappa shape index (κ3) is 7.14. The minimum Gasteiger partial charge on any atom is -0.212 e. The summed E-state index contributed by atoms with van der Waals surface area (Å²) >= 11 is 1.90. The fraction of sp³-hybridized carbons (Fsp3) is 0.0299. The van der Waals surface area contributed by atoms with Crippen LogP contribution in [0.25, 0.3) is 120 Å². The molecule has 1 unspecified atom stereocenters. The van der Waals surface area contributed by atoms with Crippen molar-refractivity contribution < 1.29 is 0 Å². The molecule has 13 aromatic rings. The molecule has 0 radical (unpaired) electrons. The zero-order valence-electron chi connectivity index (χ0n) is 38.6. The molecule has 1 aliphatic rings. The van der Waals surface area contributed by atoms with E-state index in [1.165, 1.54) is 70.2 Å². The van der Waals surface area contributed by atoms with Crippen LogP contribution >= 0.6 is 11.3 Å². The minimum absolute atomic E-state index is 0.0860. The quantitative estimate of drug-likeness (QED) is 0.160. The number of rotatable bonds is 7. The average Bonchev–Trinajstić information content (AvgIpc) is 3.84. The maximum absolute atomic E-state index is 5.55. The van der Waals surface area contributed by atoms with Crippen LogP contribution in [0.15, 0.2) is 243 Å². The van der Waals surface area contributed by atoms with Gasteiger partial charge >= 0.3 is 0 Å². The highest BCUT2D eigenvalue weighted by molar-refractivity contribution is 7.26. The molecule has 332 valence electrons. The number of thiophene rings is 1. The van der Waals surface area contributed by atoms with E-state index in [0.717, 1.165) is 61.6 Å². The number of benzene rings is 11. The topological polar surface area (TPSA) is 38.7 Å². The first kappa shape index (κ1) is 41.2. The maximum Gasteiger partial charge on any atom is 0.164 e. The van der Waals surface area contributed by atoms with Crippen LogP contribution in [0.4, 0.5) is 0 Å². The Morgan fingerprint density at radius 3 is 1.61 bits per heavy atom. The van der Waals surface area contributed by atoms with Crippen LogP contribution in [-0.4, -0.2) is 15.0 Å². The lowest BCUT2D eigenvalue weighted by molar-refractivity contribution is 0.725. The molecule has 2 heterocycles. The molecular formula is C67H43N3S. The molecule has 0 N–H and O–H groups in total. The molecule has 3 nitrogen and oxygen atoms in total. The van der Waals surface area contributed by atoms with Crippen molar-refractivity contribution in [1.29, 1.82) is 0 Å². The van der Waals surface area contributed by atoms with E-state index in [9.17, 15) is 0 Å². The Kier molecular flexibility index (Phi) is 9.85. The van der Waals surface area contributed by atoms with E-state index in [1.807, 2.05) is 11.3 Å². The van der Waals surface area contributed by atoms with Crippen molar-refractivity contribution >= 4 is 53.1 Å². The van der Waals surface area contributed by atoms with Crippen molar-refractivity contribution in [3.63, 3.8) is 0 Å². The second-order valence-corrected chi connectivity index (χ2v) is 19.7. The number of nitrogens with zero attached hydrogens (tertiary/aromatic N) is 3. The predicted octanol–water partition coefficient (Wildman–Crippen LogP) is 17.9. The predicted molar refractivity (Wildman–Crippen MR) is 298 cm³/mol. The van der Waals surface area contributed by atoms with Gasteiger partial charge < -0.3 is 0 Å². The molecule has 0 aliphatic heterocycles. The van der Waals surface area contributed by atoms with E-state index in [-0.39, 0.29) is 5.92 Å². The first-order valence-electron chi connectivity index (χ1n) is 24.3. The molecule has 2 aromatic heterocycles. The highest BCUT2D eigenvalue weighted by Crippen LogP contribution is 2.49. The molecule has 0 amide bonds. The lowest BCUT2D eigenvalue weighted by Crippen LogP contribution is -2.17. The monoisotopic (exact) mass is 921 g/mol. The third-order valence-corrected chi connectivity index (χ3v) is 15.7. The van der Waals surface area contributed by atoms with E-state index < -0.39 is 0 Å². The molecule has 1 atom stereocenters. The average molecular weight is 922 g/mol. The van der Waals surface area contributed by atoms with Crippen LogP contribution in [0.3, 0.4) is 0 Å². The zero-order chi connectivity index (χ0) is 46.8. The van der Waals surface area contributed by atoms with Crippen molar-refractivity contribution in [2.24, 2.45) is 0 Å². The molecule has 11 aromatic carbocycles. The van der Waals surface area contributed by atoms with E-state index in [0.29, 0.717) is 11.6 Å². The summed E-state index contributed by atoms with van der Waals surface area (Å²) in [6.45, 7) is 0. The second kappa shape index (κ2) is 17.0. The van der Waals surface area contributed by atoms with Gasteiger partial charge in [0.25, 0.3) is 0 Å². The summed E-state index contributed by atoms with van der Waals surface area (Å²) in [7, 11) is 0. The summed E-state index contributed by atoms with van der Waals surface area (Å²) in [4.78, 5) is 16.5. The summed E-state index contributed by atoms with van der Waals surface area (Å²) < 4.78 is 2.66. The Hall–Kier alpha value is -8.83. The second-order valence-electron chi connectivity index (χ2n) is 18.6. The Bertz CT molecular complexity index is 4150. The van der Waals surface area contributed by atoms with Crippen molar-refractivity contribution in [1.82, 2.24) is 15.0 Å². The van der Waals surface area contributed by atoms with Gasteiger partial charge in [-0.05, 0) is 119 Å². The molecule has 0 saturated heterocycles. The lowest BCUT2D eigenvalue weighted by Gasteiger charge is -2.28. The first-order valence-corrected chi connectivity index (χ1v) is 25.2. The summed E-state index contributed by atoms with van der Waals surface area (Å²) in [5, 5.41) is 7.13. The fourth-order valence-electron chi connectivity index (χ4n) is 11.1. The maximum atomic E-state index is 5.55. The molecule has 4 heteroatoms. The van der Waals surface area contributed by atoms with Gasteiger partial charge in [-0.3, -0.25) is 0 Å². The van der Waals surface area contributed by atoms with Crippen LogP contribution in [0.1, 0.15) is 22.9 Å². The van der Waals surface area contributed by atoms with Gasteiger partial charge in [-0.25, -0.2) is 15.0 Å². The SMILES string of the molecule is c1ccc(-c2cc(-c3ccccc3)cc(-c3cccc(-c4cccc5c(-c6nc(-c7cccc8ccccc78)nc(C7Cc8ccc9c(sc%10ccccc%109)c8-c8ccccc87)n6)cccc45)c3)c2)cc1. The summed E-state index contributed by atoms with van der Waals surface area (Å²) in [6, 6.07) is 87.8. The van der Waals surface area contributed by atoms with E-state index in [2.05, 4.69) is 243 Å². The van der Waals surface area contributed by atoms with Crippen molar-refractivity contribution in [2.75, 3.05) is 0 Å². The summed E-state index contributed by atoms with van der Waals surface area (Å²) in [5.74, 6) is 2.04. The van der Waals surface area contributed by atoms with E-state index in [4.69, 9.17) is 15.0 Å². The van der Waals surface area contributed by atoms with E-state index in [1.54, 1.807) is 0 Å². The Labute approximate surface area is 416 Å². The Balaban J connectivity index is 0.921. The molecule has 0 bridgehead atoms. The van der Waals surface area contributed by atoms with Crippen molar-refractivity contribution in [2.45, 2.75) is 12.3 Å². The largest absolute Gasteiger partial charge is 0.212 e. The molecule has 0 spiro atoms. The molecule has 14 rings (SSSR count). The molecule has 0 saturated carbocycles. The van der Waals surface area contributed by atoms with Crippen LogP contribution in [0.2, 0.25) is 0 Å². The number of hydrogen-bond donors (Lipinski definition) is 0. The summed E-state index contributed by atoms with van der Waals surface area (Å²) in [6.07, 6.45) is 0.784. The minimum atomic E-state index is -0.0860. The van der Waals surface area contributed by atoms with Gasteiger partial charge in [0.1, 0.15) is 5.82 Å². The van der Waals surface area contributed by atoms with E-state index >= 15 is 0 Å². The smallest absolute Gasteiger partial charge is 0.164 e. The van der Waals surface area contributed by atoms with Gasteiger partial charge in [0.2, 0.25) is 0 Å². The zero-order valence-corrected chi connectivity index (χ0v) is 39.4. The standard InChI is InChI=1S/C67H43N3S/c1-3-17-42(18-4-1)48-38-49(43-19-5-2-6-20-43)40-50(39-48)45-23-13-24-46(37-45)52-29-15-31-54-53(52)30-16-33-60(54)66-68-65(59-32-14-22-44-21-7-8-25-51(44)59)69-67(70-66)61-41-47-35-36-58-56-27-11-12-34-62(56)71-64(58)63(47)57-28-10-9-26-55(57)61/h1-40,61H,41H2. The number of aromatic nitrogens is 3. The van der Waals surface area contributed by atoms with Gasteiger partial charge in [0.15, 0.2) is 11.6 Å². The van der Waals surface area contributed by atoms with Crippen LogP contribution in [-0.2, 0) is 6.42 Å². The fourth-order valence-corrected chi connectivity index (χ4v) is 12.4. The molecule has 71 heavy (non-hydrogen) atoms. The molecular weight excluding hydrogens is 879 g/mol. The van der Waals surface area contributed by atoms with Crippen LogP contribution in [0.5, 0.6) is 0 Å². The normalized spacial score (nSPS) is 13.2. The van der Waals surface area contributed by atoms with Crippen LogP contribution in [0, 0.1) is 0 Å². The van der Waals surface area contributed by atoms with Gasteiger partial charge in [-0.1, -0.05) is 212 Å². The number of fused-ring (bicyclic) bond motifs is 9. The third-order valence-electron chi connectivity index (χ3n) is 14.5. The molecule has 1 aliphatic carbocycles. The van der Waals surface area contributed by atoms with Gasteiger partial charge in [0.05, 0.1) is 0 Å². The molecule has 0 fully saturated rings. The van der Waals surface area contributed by atoms with Gasteiger partial charge in [-0.2, -0.15) is 0 Å². The van der Waals surface area contributed by atoms with Gasteiger partial charge in [0, 0.05) is 42.8 Å². The number of hydrogen-bond acceptors (Lipinski definition) is 4. The van der Waals surface area contributed by atoms with Crippen molar-refractivity contribution in [3.8, 4) is 78.4 Å². The van der Waals surface area contributed by atoms with Crippen molar-refractivity contribution in [3.05, 3.63) is 260 Å². The Morgan fingerprint density at radius 2 is 0.845 bits per heavy atom. The first-order chi connectivity index (χ1) is 35.2. The van der Waals surface area contributed by atoms with Crippen LogP contribution < -0.4 is 0 Å². The highest BCUT2D eigenvalue weighted by atomic mass is 32.1. The highest BCUT2D eigenvalue weighted by Gasteiger charge is 2.31. The van der Waals surface area contributed by atoms with Gasteiger partial charge in [-0.15, -0.1) is 11.3 Å².